The first-order chi connectivity index (χ1) is 13.7. The van der Waals surface area contributed by atoms with Crippen molar-refractivity contribution in [3.8, 4) is 0 Å². The van der Waals surface area contributed by atoms with E-state index >= 15 is 0 Å². The molecule has 3 atom stereocenters. The van der Waals surface area contributed by atoms with Gasteiger partial charge in [-0.1, -0.05) is 30.3 Å². The van der Waals surface area contributed by atoms with Gasteiger partial charge in [-0.15, -0.1) is 24.0 Å². The first-order valence-corrected chi connectivity index (χ1v) is 10.6. The highest BCUT2D eigenvalue weighted by Crippen LogP contribution is 2.34. The van der Waals surface area contributed by atoms with E-state index in [0.717, 1.165) is 51.5 Å². The fourth-order valence-electron chi connectivity index (χ4n) is 4.08. The van der Waals surface area contributed by atoms with E-state index in [-0.39, 0.29) is 42.0 Å². The van der Waals surface area contributed by atoms with Crippen LogP contribution in [-0.4, -0.2) is 56.2 Å². The molecule has 7 heteroatoms. The molecule has 0 aliphatic carbocycles. The molecule has 0 amide bonds. The molecule has 2 saturated heterocycles. The minimum atomic E-state index is -0.0867. The predicted molar refractivity (Wildman–Crippen MR) is 126 cm³/mol. The first-order valence-electron chi connectivity index (χ1n) is 10.6. The average Bonchev–Trinajstić information content (AvgIpc) is 3.20. The number of ether oxygens (including phenoxy) is 2. The summed E-state index contributed by atoms with van der Waals surface area (Å²) in [7, 11) is 0. The Morgan fingerprint density at radius 2 is 2.07 bits per heavy atom. The van der Waals surface area contributed by atoms with Gasteiger partial charge in [0.1, 0.15) is 0 Å². The quantitative estimate of drug-likeness (QED) is 0.272. The Kier molecular flexibility index (Phi) is 10.2. The van der Waals surface area contributed by atoms with Crippen molar-refractivity contribution in [3.05, 3.63) is 35.9 Å². The summed E-state index contributed by atoms with van der Waals surface area (Å²) in [5.41, 5.74) is 1.23. The highest BCUT2D eigenvalue weighted by molar-refractivity contribution is 14.0. The van der Waals surface area contributed by atoms with Crippen LogP contribution in [0.15, 0.2) is 35.3 Å². The number of piperidine rings is 1. The largest absolute Gasteiger partial charge is 0.466 e. The fraction of sp³-hybridized carbons (Fsp3) is 0.636. The molecule has 2 heterocycles. The molecular weight excluding hydrogens is 481 g/mol. The van der Waals surface area contributed by atoms with Gasteiger partial charge in [-0.2, -0.15) is 0 Å². The molecule has 0 spiro atoms. The lowest BCUT2D eigenvalue weighted by Crippen LogP contribution is -2.48. The van der Waals surface area contributed by atoms with Crippen LogP contribution in [0.4, 0.5) is 0 Å². The summed E-state index contributed by atoms with van der Waals surface area (Å²) in [6.45, 7) is 8.28. The molecule has 1 N–H and O–H groups in total. The van der Waals surface area contributed by atoms with Gasteiger partial charge in [0, 0.05) is 38.7 Å². The molecule has 29 heavy (non-hydrogen) atoms. The van der Waals surface area contributed by atoms with Gasteiger partial charge in [0.15, 0.2) is 5.96 Å². The van der Waals surface area contributed by atoms with Crippen molar-refractivity contribution in [1.82, 2.24) is 10.2 Å². The number of carbonyl (C=O) groups is 1. The van der Waals surface area contributed by atoms with Crippen LogP contribution in [0.3, 0.4) is 0 Å². The lowest BCUT2D eigenvalue weighted by molar-refractivity contribution is -0.149. The number of aliphatic imine (C=N–C) groups is 1. The summed E-state index contributed by atoms with van der Waals surface area (Å²) in [6.07, 6.45) is 3.00. The number of halogens is 1. The predicted octanol–water partition coefficient (Wildman–Crippen LogP) is 3.62. The minimum Gasteiger partial charge on any atom is -0.466 e. The summed E-state index contributed by atoms with van der Waals surface area (Å²) >= 11 is 0. The molecule has 1 aromatic carbocycles. The molecule has 0 radical (unpaired) electrons. The SMILES string of the molecule is CCNC(=NCC1CCOC1c1ccccc1)N1CCCC(C(=O)OCC)C1.I. The third-order valence-electron chi connectivity index (χ3n) is 5.49. The van der Waals surface area contributed by atoms with E-state index in [1.807, 2.05) is 13.0 Å². The maximum absolute atomic E-state index is 12.2. The standard InChI is InChI=1S/C22H33N3O3.HI/c1-3-23-22(25-13-8-11-19(16-25)21(26)27-4-2)24-15-18-12-14-28-20(18)17-9-6-5-7-10-17;/h5-7,9-10,18-20H,3-4,8,11-16H2,1-2H3,(H,23,24);1H. The van der Waals surface area contributed by atoms with Crippen molar-refractivity contribution >= 4 is 35.9 Å². The molecule has 0 aromatic heterocycles. The third-order valence-corrected chi connectivity index (χ3v) is 5.49. The second kappa shape index (κ2) is 12.4. The molecule has 2 aliphatic rings. The Morgan fingerprint density at radius 3 is 2.79 bits per heavy atom. The first kappa shape index (κ1) is 23.9. The number of nitrogens with zero attached hydrogens (tertiary/aromatic N) is 2. The lowest BCUT2D eigenvalue weighted by Gasteiger charge is -2.34. The number of hydrogen-bond acceptors (Lipinski definition) is 4. The van der Waals surface area contributed by atoms with Gasteiger partial charge in [-0.3, -0.25) is 9.79 Å². The maximum Gasteiger partial charge on any atom is 0.310 e. The molecule has 2 aliphatic heterocycles. The average molecular weight is 515 g/mol. The van der Waals surface area contributed by atoms with E-state index in [2.05, 4.69) is 41.4 Å². The molecule has 0 saturated carbocycles. The van der Waals surface area contributed by atoms with Gasteiger partial charge in [0.2, 0.25) is 0 Å². The van der Waals surface area contributed by atoms with Crippen LogP contribution in [-0.2, 0) is 14.3 Å². The Bertz CT molecular complexity index is 656. The number of likely N-dealkylation sites (tertiary alicyclic amines) is 1. The van der Waals surface area contributed by atoms with Crippen LogP contribution in [0.2, 0.25) is 0 Å². The molecule has 6 nitrogen and oxygen atoms in total. The zero-order chi connectivity index (χ0) is 19.8. The van der Waals surface area contributed by atoms with Crippen LogP contribution >= 0.6 is 24.0 Å². The molecule has 2 fully saturated rings. The van der Waals surface area contributed by atoms with Gasteiger partial charge < -0.3 is 19.7 Å². The molecule has 3 rings (SSSR count). The number of rotatable bonds is 6. The van der Waals surface area contributed by atoms with E-state index in [0.29, 0.717) is 19.1 Å². The summed E-state index contributed by atoms with van der Waals surface area (Å²) in [5.74, 6) is 1.12. The van der Waals surface area contributed by atoms with Crippen LogP contribution in [0, 0.1) is 11.8 Å². The van der Waals surface area contributed by atoms with Crippen LogP contribution < -0.4 is 5.32 Å². The fourth-order valence-corrected chi connectivity index (χ4v) is 4.08. The van der Waals surface area contributed by atoms with Crippen LogP contribution in [0.5, 0.6) is 0 Å². The minimum absolute atomic E-state index is 0. The van der Waals surface area contributed by atoms with Gasteiger partial charge in [0.05, 0.1) is 18.6 Å². The highest BCUT2D eigenvalue weighted by atomic mass is 127. The Balaban J connectivity index is 0.00000300. The molecule has 3 unspecified atom stereocenters. The summed E-state index contributed by atoms with van der Waals surface area (Å²) in [4.78, 5) is 19.3. The van der Waals surface area contributed by atoms with Crippen molar-refractivity contribution in [2.75, 3.05) is 39.4 Å². The number of guanidine groups is 1. The lowest BCUT2D eigenvalue weighted by atomic mass is 9.95. The van der Waals surface area contributed by atoms with E-state index in [1.54, 1.807) is 0 Å². The number of nitrogens with one attached hydrogen (secondary N) is 1. The van der Waals surface area contributed by atoms with Crippen molar-refractivity contribution in [2.45, 2.75) is 39.2 Å². The van der Waals surface area contributed by atoms with Gasteiger partial charge in [0.25, 0.3) is 0 Å². The van der Waals surface area contributed by atoms with E-state index in [9.17, 15) is 4.79 Å². The highest BCUT2D eigenvalue weighted by Gasteiger charge is 2.31. The maximum atomic E-state index is 12.2. The molecule has 162 valence electrons. The number of esters is 1. The Hall–Kier alpha value is -1.35. The summed E-state index contributed by atoms with van der Waals surface area (Å²) in [5, 5.41) is 3.41. The number of carbonyl (C=O) groups excluding carboxylic acids is 1. The Morgan fingerprint density at radius 1 is 1.28 bits per heavy atom. The van der Waals surface area contributed by atoms with Crippen LogP contribution in [0.25, 0.3) is 0 Å². The smallest absolute Gasteiger partial charge is 0.310 e. The van der Waals surface area contributed by atoms with Gasteiger partial charge >= 0.3 is 5.97 Å². The third kappa shape index (κ3) is 6.57. The normalized spacial score (nSPS) is 24.7. The van der Waals surface area contributed by atoms with E-state index < -0.39 is 0 Å². The van der Waals surface area contributed by atoms with Crippen molar-refractivity contribution in [2.24, 2.45) is 16.8 Å². The monoisotopic (exact) mass is 515 g/mol. The van der Waals surface area contributed by atoms with E-state index in [4.69, 9.17) is 14.5 Å². The van der Waals surface area contributed by atoms with E-state index in [1.165, 1.54) is 5.56 Å². The summed E-state index contributed by atoms with van der Waals surface area (Å²) in [6, 6.07) is 10.4. The van der Waals surface area contributed by atoms with Crippen molar-refractivity contribution < 1.29 is 14.3 Å². The topological polar surface area (TPSA) is 63.2 Å². The van der Waals surface area contributed by atoms with Crippen molar-refractivity contribution in [3.63, 3.8) is 0 Å². The van der Waals surface area contributed by atoms with Crippen LogP contribution in [0.1, 0.15) is 44.8 Å². The van der Waals surface area contributed by atoms with Crippen molar-refractivity contribution in [1.29, 1.82) is 0 Å². The number of hydrogen-bond donors (Lipinski definition) is 1. The van der Waals surface area contributed by atoms with Gasteiger partial charge in [-0.25, -0.2) is 0 Å². The summed E-state index contributed by atoms with van der Waals surface area (Å²) < 4.78 is 11.2. The second-order valence-corrected chi connectivity index (χ2v) is 7.48. The molecule has 0 bridgehead atoms. The second-order valence-electron chi connectivity index (χ2n) is 7.48. The zero-order valence-corrected chi connectivity index (χ0v) is 19.8. The molecule has 1 aromatic rings. The Labute approximate surface area is 191 Å². The zero-order valence-electron chi connectivity index (χ0n) is 17.5. The number of benzene rings is 1. The molecular formula is C22H34IN3O3. The van der Waals surface area contributed by atoms with Gasteiger partial charge in [-0.05, 0) is 38.7 Å².